The van der Waals surface area contributed by atoms with Gasteiger partial charge in [-0.3, -0.25) is 0 Å². The van der Waals surface area contributed by atoms with Crippen molar-refractivity contribution in [1.82, 2.24) is 14.8 Å². The topological polar surface area (TPSA) is 56.7 Å². The minimum Gasteiger partial charge on any atom is -0.324 e. The first-order chi connectivity index (χ1) is 8.83. The highest BCUT2D eigenvalue weighted by atomic mass is 15.3. The molecule has 0 amide bonds. The summed E-state index contributed by atoms with van der Waals surface area (Å²) in [7, 11) is 0. The molecule has 0 saturated heterocycles. The fraction of sp³-hybridized carbons (Fsp3) is 0.429. The smallest absolute Gasteiger partial charge is 0.163 e. The maximum absolute atomic E-state index is 5.68. The van der Waals surface area contributed by atoms with Crippen LogP contribution in [0.2, 0.25) is 0 Å². The van der Waals surface area contributed by atoms with Gasteiger partial charge in [-0.05, 0) is 43.4 Å². The highest BCUT2D eigenvalue weighted by Gasteiger charge is 2.15. The Morgan fingerprint density at radius 2 is 2.06 bits per heavy atom. The normalized spacial score (nSPS) is 13.9. The number of rotatable bonds is 3. The zero-order chi connectivity index (χ0) is 12.5. The first-order valence-electron chi connectivity index (χ1n) is 6.57. The first-order valence-corrected chi connectivity index (χ1v) is 6.57. The van der Waals surface area contributed by atoms with Crippen LogP contribution in [-0.4, -0.2) is 14.8 Å². The van der Waals surface area contributed by atoms with E-state index in [0.29, 0.717) is 6.54 Å². The van der Waals surface area contributed by atoms with Crippen molar-refractivity contribution in [2.75, 3.05) is 0 Å². The van der Waals surface area contributed by atoms with E-state index >= 15 is 0 Å². The van der Waals surface area contributed by atoms with Gasteiger partial charge < -0.3 is 10.3 Å². The van der Waals surface area contributed by atoms with Gasteiger partial charge in [0.1, 0.15) is 5.82 Å². The molecule has 0 spiro atoms. The highest BCUT2D eigenvalue weighted by molar-refractivity contribution is 5.58. The number of nitrogens with zero attached hydrogens (tertiary/aromatic N) is 3. The summed E-state index contributed by atoms with van der Waals surface area (Å²) in [6, 6.07) is 6.65. The van der Waals surface area contributed by atoms with Crippen molar-refractivity contribution >= 4 is 0 Å². The molecule has 0 unspecified atom stereocenters. The van der Waals surface area contributed by atoms with Crippen LogP contribution in [0.25, 0.3) is 11.4 Å². The summed E-state index contributed by atoms with van der Waals surface area (Å²) in [4.78, 5) is 0. The van der Waals surface area contributed by atoms with E-state index in [1.165, 1.54) is 30.4 Å². The van der Waals surface area contributed by atoms with Crippen LogP contribution in [0.3, 0.4) is 0 Å². The molecule has 2 N–H and O–H groups in total. The van der Waals surface area contributed by atoms with E-state index in [4.69, 9.17) is 5.73 Å². The van der Waals surface area contributed by atoms with Crippen LogP contribution in [0.5, 0.6) is 0 Å². The Morgan fingerprint density at radius 3 is 2.83 bits per heavy atom. The predicted octanol–water partition coefficient (Wildman–Crippen LogP) is 1.91. The number of benzene rings is 1. The van der Waals surface area contributed by atoms with Crippen molar-refractivity contribution in [3.8, 4) is 11.4 Å². The fourth-order valence-corrected chi connectivity index (χ4v) is 2.74. The lowest BCUT2D eigenvalue weighted by Gasteiger charge is -2.08. The molecular weight excluding hydrogens is 224 g/mol. The lowest BCUT2D eigenvalue weighted by atomic mass is 10.1. The molecule has 0 aliphatic heterocycles. The molecule has 18 heavy (non-hydrogen) atoms. The maximum atomic E-state index is 5.68. The van der Waals surface area contributed by atoms with Gasteiger partial charge in [0.2, 0.25) is 0 Å². The molecule has 0 bridgehead atoms. The Balaban J connectivity index is 2.07. The highest BCUT2D eigenvalue weighted by Crippen LogP contribution is 2.27. The summed E-state index contributed by atoms with van der Waals surface area (Å²) in [6.07, 6.45) is 3.67. The van der Waals surface area contributed by atoms with E-state index in [1.807, 2.05) is 0 Å². The molecule has 0 atom stereocenters. The molecule has 0 fully saturated rings. The number of hydrogen-bond donors (Lipinski definition) is 1. The van der Waals surface area contributed by atoms with Gasteiger partial charge in [-0.2, -0.15) is 0 Å². The Labute approximate surface area is 107 Å². The van der Waals surface area contributed by atoms with E-state index in [-0.39, 0.29) is 0 Å². The third-order valence-electron chi connectivity index (χ3n) is 3.68. The number of hydrogen-bond acceptors (Lipinski definition) is 3. The SMILES string of the molecule is CCn1c(CN)nnc1-c1ccc2c(c1)CCC2. The van der Waals surface area contributed by atoms with Gasteiger partial charge >= 0.3 is 0 Å². The summed E-state index contributed by atoms with van der Waals surface area (Å²) in [5.74, 6) is 1.79. The summed E-state index contributed by atoms with van der Waals surface area (Å²) >= 11 is 0. The summed E-state index contributed by atoms with van der Waals surface area (Å²) in [6.45, 7) is 3.39. The van der Waals surface area contributed by atoms with Crippen molar-refractivity contribution in [3.63, 3.8) is 0 Å². The molecule has 94 valence electrons. The molecule has 2 aromatic rings. The second kappa shape index (κ2) is 4.53. The average Bonchev–Trinajstić information content (AvgIpc) is 3.03. The molecule has 1 aromatic heterocycles. The lowest BCUT2D eigenvalue weighted by Crippen LogP contribution is -2.08. The molecule has 1 aliphatic carbocycles. The minimum atomic E-state index is 0.436. The third-order valence-corrected chi connectivity index (χ3v) is 3.68. The van der Waals surface area contributed by atoms with Gasteiger partial charge in [-0.1, -0.05) is 12.1 Å². The second-order valence-electron chi connectivity index (χ2n) is 4.73. The van der Waals surface area contributed by atoms with Crippen molar-refractivity contribution in [3.05, 3.63) is 35.2 Å². The molecule has 1 aromatic carbocycles. The molecule has 4 heteroatoms. The number of fused-ring (bicyclic) bond motifs is 1. The number of aromatic nitrogens is 3. The minimum absolute atomic E-state index is 0.436. The van der Waals surface area contributed by atoms with Crippen molar-refractivity contribution in [2.45, 2.75) is 39.3 Å². The summed E-state index contributed by atoms with van der Waals surface area (Å²) in [5.41, 5.74) is 9.79. The van der Waals surface area contributed by atoms with E-state index in [0.717, 1.165) is 23.8 Å². The van der Waals surface area contributed by atoms with Crippen LogP contribution >= 0.6 is 0 Å². The van der Waals surface area contributed by atoms with Gasteiger partial charge in [-0.25, -0.2) is 0 Å². The zero-order valence-electron chi connectivity index (χ0n) is 10.7. The number of nitrogens with two attached hydrogens (primary N) is 1. The molecule has 3 rings (SSSR count). The van der Waals surface area contributed by atoms with Crippen molar-refractivity contribution in [2.24, 2.45) is 5.73 Å². The Morgan fingerprint density at radius 1 is 1.22 bits per heavy atom. The Bertz CT molecular complexity index is 571. The van der Waals surface area contributed by atoms with Crippen LogP contribution in [-0.2, 0) is 25.9 Å². The molecule has 4 nitrogen and oxygen atoms in total. The number of aryl methyl sites for hydroxylation is 2. The standard InChI is InChI=1S/C14H18N4/c1-2-18-13(9-15)16-17-14(18)12-7-6-10-4-3-5-11(10)8-12/h6-8H,2-5,9,15H2,1H3. The van der Waals surface area contributed by atoms with Crippen molar-refractivity contribution < 1.29 is 0 Å². The zero-order valence-corrected chi connectivity index (χ0v) is 10.7. The lowest BCUT2D eigenvalue weighted by molar-refractivity contribution is 0.704. The van der Waals surface area contributed by atoms with Gasteiger partial charge in [0.25, 0.3) is 0 Å². The van der Waals surface area contributed by atoms with Gasteiger partial charge in [0, 0.05) is 12.1 Å². The average molecular weight is 242 g/mol. The maximum Gasteiger partial charge on any atom is 0.163 e. The Kier molecular flexibility index (Phi) is 2.88. The van der Waals surface area contributed by atoms with E-state index in [1.54, 1.807) is 0 Å². The van der Waals surface area contributed by atoms with E-state index in [9.17, 15) is 0 Å². The van der Waals surface area contributed by atoms with Crippen molar-refractivity contribution in [1.29, 1.82) is 0 Å². The molecular formula is C14H18N4. The van der Waals surface area contributed by atoms with Gasteiger partial charge in [0.05, 0.1) is 6.54 Å². The molecule has 0 radical (unpaired) electrons. The van der Waals surface area contributed by atoms with Crippen LogP contribution in [0, 0.1) is 0 Å². The Hall–Kier alpha value is -1.68. The van der Waals surface area contributed by atoms with Gasteiger partial charge in [0.15, 0.2) is 5.82 Å². The fourth-order valence-electron chi connectivity index (χ4n) is 2.74. The van der Waals surface area contributed by atoms with E-state index in [2.05, 4.69) is 39.9 Å². The monoisotopic (exact) mass is 242 g/mol. The van der Waals surface area contributed by atoms with Gasteiger partial charge in [-0.15, -0.1) is 10.2 Å². The van der Waals surface area contributed by atoms with Crippen LogP contribution in [0.4, 0.5) is 0 Å². The largest absolute Gasteiger partial charge is 0.324 e. The summed E-state index contributed by atoms with van der Waals surface area (Å²) in [5, 5.41) is 8.45. The second-order valence-corrected chi connectivity index (χ2v) is 4.73. The third kappa shape index (κ3) is 1.73. The predicted molar refractivity (Wildman–Crippen MR) is 71.0 cm³/mol. The first kappa shape index (κ1) is 11.4. The van der Waals surface area contributed by atoms with Crippen LogP contribution < -0.4 is 5.73 Å². The molecule has 1 aliphatic rings. The molecule has 1 heterocycles. The summed E-state index contributed by atoms with van der Waals surface area (Å²) < 4.78 is 2.09. The van der Waals surface area contributed by atoms with E-state index < -0.39 is 0 Å². The van der Waals surface area contributed by atoms with Crippen LogP contribution in [0.1, 0.15) is 30.3 Å². The molecule has 0 saturated carbocycles. The van der Waals surface area contributed by atoms with Crippen LogP contribution in [0.15, 0.2) is 18.2 Å². The quantitative estimate of drug-likeness (QED) is 0.894.